The van der Waals surface area contributed by atoms with Crippen molar-refractivity contribution in [1.82, 2.24) is 10.2 Å². The number of carbonyl (C=O) groups is 1. The van der Waals surface area contributed by atoms with Crippen LogP contribution in [0.15, 0.2) is 18.2 Å². The van der Waals surface area contributed by atoms with E-state index in [1.807, 2.05) is 6.92 Å². The Bertz CT molecular complexity index is 490. The smallest absolute Gasteiger partial charge is 0.321 e. The lowest BCUT2D eigenvalue weighted by Crippen LogP contribution is -2.47. The molecule has 6 heteroatoms. The van der Waals surface area contributed by atoms with Gasteiger partial charge in [-0.2, -0.15) is 0 Å². The molecule has 1 heterocycles. The van der Waals surface area contributed by atoms with E-state index in [-0.39, 0.29) is 6.03 Å². The topological polar surface area (TPSA) is 44.4 Å². The molecule has 1 unspecified atom stereocenters. The highest BCUT2D eigenvalue weighted by molar-refractivity contribution is 6.35. The Morgan fingerprint density at radius 1 is 1.43 bits per heavy atom. The predicted octanol–water partition coefficient (Wildman–Crippen LogP) is 3.99. The molecule has 2 amide bonds. The summed E-state index contributed by atoms with van der Waals surface area (Å²) in [6.45, 7) is 4.37. The van der Waals surface area contributed by atoms with Gasteiger partial charge in [0.25, 0.3) is 0 Å². The van der Waals surface area contributed by atoms with Crippen LogP contribution in [0.25, 0.3) is 0 Å². The maximum Gasteiger partial charge on any atom is 0.321 e. The summed E-state index contributed by atoms with van der Waals surface area (Å²) in [5, 5.41) is 7.32. The number of carbonyl (C=O) groups excluding carboxylic acids is 1. The van der Waals surface area contributed by atoms with Gasteiger partial charge in [0.2, 0.25) is 0 Å². The molecule has 0 radical (unpaired) electrons. The van der Waals surface area contributed by atoms with Crippen molar-refractivity contribution in [3.63, 3.8) is 0 Å². The van der Waals surface area contributed by atoms with Crippen LogP contribution >= 0.6 is 23.2 Å². The lowest BCUT2D eigenvalue weighted by molar-refractivity contribution is 0.203. The minimum atomic E-state index is -0.144. The second kappa shape index (κ2) is 7.87. The number of rotatable bonds is 4. The number of urea groups is 1. The van der Waals surface area contributed by atoms with Crippen LogP contribution in [-0.4, -0.2) is 36.6 Å². The molecule has 1 aliphatic rings. The van der Waals surface area contributed by atoms with Gasteiger partial charge in [0, 0.05) is 24.2 Å². The van der Waals surface area contributed by atoms with Crippen molar-refractivity contribution < 1.29 is 4.79 Å². The van der Waals surface area contributed by atoms with E-state index in [9.17, 15) is 4.79 Å². The summed E-state index contributed by atoms with van der Waals surface area (Å²) in [4.78, 5) is 14.2. The molecule has 0 aliphatic carbocycles. The molecule has 1 saturated heterocycles. The summed E-state index contributed by atoms with van der Waals surface area (Å²) in [5.41, 5.74) is 0.546. The number of likely N-dealkylation sites (N-methyl/N-ethyl adjacent to an activating group) is 1. The number of hydrogen-bond acceptors (Lipinski definition) is 2. The van der Waals surface area contributed by atoms with Crippen molar-refractivity contribution in [1.29, 1.82) is 0 Å². The van der Waals surface area contributed by atoms with Gasteiger partial charge in [-0.05, 0) is 44.5 Å². The van der Waals surface area contributed by atoms with Gasteiger partial charge >= 0.3 is 6.03 Å². The van der Waals surface area contributed by atoms with E-state index in [1.165, 1.54) is 12.8 Å². The average molecular weight is 330 g/mol. The van der Waals surface area contributed by atoms with E-state index < -0.39 is 0 Å². The molecule has 1 aromatic rings. The maximum atomic E-state index is 12.4. The van der Waals surface area contributed by atoms with E-state index in [0.717, 1.165) is 13.0 Å². The number of nitrogens with one attached hydrogen (secondary N) is 2. The highest BCUT2D eigenvalue weighted by Crippen LogP contribution is 2.25. The second-order valence-electron chi connectivity index (χ2n) is 5.24. The second-order valence-corrected chi connectivity index (χ2v) is 6.08. The van der Waals surface area contributed by atoms with Gasteiger partial charge in [-0.15, -0.1) is 0 Å². The molecular formula is C15H21Cl2N3O. The van der Waals surface area contributed by atoms with Crippen molar-refractivity contribution in [2.24, 2.45) is 0 Å². The quantitative estimate of drug-likeness (QED) is 0.877. The number of piperidine rings is 1. The molecule has 0 aromatic heterocycles. The van der Waals surface area contributed by atoms with E-state index in [4.69, 9.17) is 23.2 Å². The van der Waals surface area contributed by atoms with Crippen LogP contribution in [0.3, 0.4) is 0 Å². The first-order chi connectivity index (χ1) is 10.1. The lowest BCUT2D eigenvalue weighted by Gasteiger charge is -2.30. The van der Waals surface area contributed by atoms with E-state index in [2.05, 4.69) is 10.6 Å². The zero-order chi connectivity index (χ0) is 15.2. The van der Waals surface area contributed by atoms with Crippen molar-refractivity contribution in [2.75, 3.05) is 25.0 Å². The molecule has 1 aromatic carbocycles. The fourth-order valence-electron chi connectivity index (χ4n) is 2.49. The molecule has 4 nitrogen and oxygen atoms in total. The van der Waals surface area contributed by atoms with Crippen LogP contribution in [0.5, 0.6) is 0 Å². The van der Waals surface area contributed by atoms with Crippen LogP contribution < -0.4 is 10.6 Å². The highest BCUT2D eigenvalue weighted by atomic mass is 35.5. The summed E-state index contributed by atoms with van der Waals surface area (Å²) in [6, 6.07) is 5.27. The summed E-state index contributed by atoms with van der Waals surface area (Å²) < 4.78 is 0. The Balaban J connectivity index is 1.97. The fraction of sp³-hybridized carbons (Fsp3) is 0.533. The molecular weight excluding hydrogens is 309 g/mol. The molecule has 0 spiro atoms. The van der Waals surface area contributed by atoms with Crippen LogP contribution in [0.2, 0.25) is 10.0 Å². The summed E-state index contributed by atoms with van der Waals surface area (Å²) in [5.74, 6) is 0. The van der Waals surface area contributed by atoms with E-state index >= 15 is 0 Å². The fourth-order valence-corrected chi connectivity index (χ4v) is 2.83. The molecule has 1 fully saturated rings. The molecule has 0 bridgehead atoms. The average Bonchev–Trinajstić information content (AvgIpc) is 2.49. The van der Waals surface area contributed by atoms with Crippen LogP contribution in [0, 0.1) is 0 Å². The Kier molecular flexibility index (Phi) is 6.15. The Morgan fingerprint density at radius 2 is 2.24 bits per heavy atom. The van der Waals surface area contributed by atoms with Gasteiger partial charge in [-0.25, -0.2) is 4.79 Å². The first kappa shape index (κ1) is 16.4. The van der Waals surface area contributed by atoms with Crippen LogP contribution in [-0.2, 0) is 0 Å². The number of anilines is 1. The highest BCUT2D eigenvalue weighted by Gasteiger charge is 2.20. The number of halogens is 2. The normalized spacial score (nSPS) is 18.3. The summed E-state index contributed by atoms with van der Waals surface area (Å²) in [7, 11) is 0. The molecule has 116 valence electrons. The number of hydrogen-bond donors (Lipinski definition) is 2. The first-order valence-electron chi connectivity index (χ1n) is 7.34. The van der Waals surface area contributed by atoms with Gasteiger partial charge in [0.05, 0.1) is 10.7 Å². The third-order valence-electron chi connectivity index (χ3n) is 3.69. The zero-order valence-electron chi connectivity index (χ0n) is 12.2. The van der Waals surface area contributed by atoms with E-state index in [0.29, 0.717) is 34.9 Å². The number of nitrogens with zero attached hydrogens (tertiary/aromatic N) is 1. The van der Waals surface area contributed by atoms with Gasteiger partial charge in [-0.1, -0.05) is 29.6 Å². The Labute approximate surface area is 135 Å². The summed E-state index contributed by atoms with van der Waals surface area (Å²) >= 11 is 12.0. The SMILES string of the molecule is CCN(CC1CCCCN1)C(=O)Nc1cc(Cl)ccc1Cl. The molecule has 1 atom stereocenters. The van der Waals surface area contributed by atoms with Crippen molar-refractivity contribution in [3.8, 4) is 0 Å². The van der Waals surface area contributed by atoms with Crippen molar-refractivity contribution >= 4 is 34.9 Å². The molecule has 2 N–H and O–H groups in total. The molecule has 21 heavy (non-hydrogen) atoms. The Hall–Kier alpha value is -0.970. The van der Waals surface area contributed by atoms with Gasteiger partial charge in [0.15, 0.2) is 0 Å². The minimum absolute atomic E-state index is 0.144. The summed E-state index contributed by atoms with van der Waals surface area (Å²) in [6.07, 6.45) is 3.55. The van der Waals surface area contributed by atoms with E-state index in [1.54, 1.807) is 23.1 Å². The zero-order valence-corrected chi connectivity index (χ0v) is 13.7. The van der Waals surface area contributed by atoms with Crippen molar-refractivity contribution in [2.45, 2.75) is 32.2 Å². The molecule has 2 rings (SSSR count). The lowest BCUT2D eigenvalue weighted by atomic mass is 10.0. The molecule has 1 aliphatic heterocycles. The van der Waals surface area contributed by atoms with Gasteiger partial charge < -0.3 is 15.5 Å². The molecule has 0 saturated carbocycles. The Morgan fingerprint density at radius 3 is 2.90 bits per heavy atom. The van der Waals surface area contributed by atoms with Crippen LogP contribution in [0.4, 0.5) is 10.5 Å². The maximum absolute atomic E-state index is 12.4. The van der Waals surface area contributed by atoms with Crippen molar-refractivity contribution in [3.05, 3.63) is 28.2 Å². The number of benzene rings is 1. The van der Waals surface area contributed by atoms with Gasteiger partial charge in [0.1, 0.15) is 0 Å². The minimum Gasteiger partial charge on any atom is -0.323 e. The monoisotopic (exact) mass is 329 g/mol. The first-order valence-corrected chi connectivity index (χ1v) is 8.10. The standard InChI is InChI=1S/C15H21Cl2N3O/c1-2-20(10-12-5-3-4-8-18-12)15(21)19-14-9-11(16)6-7-13(14)17/h6-7,9,12,18H,2-5,8,10H2,1H3,(H,19,21). The predicted molar refractivity (Wildman–Crippen MR) is 88.4 cm³/mol. The third-order valence-corrected chi connectivity index (χ3v) is 4.26. The largest absolute Gasteiger partial charge is 0.323 e. The van der Waals surface area contributed by atoms with Crippen LogP contribution in [0.1, 0.15) is 26.2 Å². The van der Waals surface area contributed by atoms with Gasteiger partial charge in [-0.3, -0.25) is 0 Å². The number of amides is 2. The third kappa shape index (κ3) is 4.77.